The summed E-state index contributed by atoms with van der Waals surface area (Å²) in [6, 6.07) is 5.69. The van der Waals surface area contributed by atoms with Crippen LogP contribution in [0.15, 0.2) is 35.3 Å². The molecule has 3 fully saturated rings. The number of halogens is 3. The van der Waals surface area contributed by atoms with Gasteiger partial charge in [0.2, 0.25) is 0 Å². The predicted molar refractivity (Wildman–Crippen MR) is 138 cm³/mol. The Labute approximate surface area is 220 Å². The van der Waals surface area contributed by atoms with Gasteiger partial charge in [0.1, 0.15) is 0 Å². The number of pyridine rings is 1. The van der Waals surface area contributed by atoms with Crippen molar-refractivity contribution in [1.29, 1.82) is 0 Å². The Bertz CT molecular complexity index is 1250. The largest absolute Gasteiger partial charge is 0.416 e. The molecule has 5 rings (SSSR count). The number of nitrogens with one attached hydrogen (secondary N) is 2. The van der Waals surface area contributed by atoms with Gasteiger partial charge in [-0.2, -0.15) is 13.2 Å². The van der Waals surface area contributed by atoms with E-state index in [4.69, 9.17) is 4.74 Å². The molecule has 38 heavy (non-hydrogen) atoms. The molecule has 2 bridgehead atoms. The highest BCUT2D eigenvalue weighted by Gasteiger charge is 2.44. The molecule has 0 saturated carbocycles. The highest BCUT2D eigenvalue weighted by atomic mass is 19.4. The lowest BCUT2D eigenvalue weighted by Crippen LogP contribution is -2.37. The van der Waals surface area contributed by atoms with Crippen LogP contribution < -0.4 is 16.2 Å². The Morgan fingerprint density at radius 3 is 2.50 bits per heavy atom. The fourth-order valence-corrected chi connectivity index (χ4v) is 6.49. The van der Waals surface area contributed by atoms with E-state index < -0.39 is 23.7 Å². The summed E-state index contributed by atoms with van der Waals surface area (Å²) in [5.74, 6) is -0.436. The molecule has 3 aliphatic heterocycles. The molecule has 3 aliphatic rings. The fourth-order valence-electron chi connectivity index (χ4n) is 6.49. The lowest BCUT2D eigenvalue weighted by atomic mass is 9.95. The summed E-state index contributed by atoms with van der Waals surface area (Å²) in [7, 11) is 2.11. The lowest BCUT2D eigenvalue weighted by Gasteiger charge is -2.28. The maximum absolute atomic E-state index is 13.7. The molecule has 0 spiro atoms. The number of nitrogens with zero attached hydrogens (tertiary/aromatic N) is 2. The molecule has 10 heteroatoms. The van der Waals surface area contributed by atoms with Gasteiger partial charge >= 0.3 is 6.18 Å². The zero-order valence-electron chi connectivity index (χ0n) is 22.0. The molecule has 4 heterocycles. The van der Waals surface area contributed by atoms with E-state index in [1.54, 1.807) is 23.8 Å². The number of hydrogen-bond acceptors (Lipinski definition) is 5. The molecule has 4 atom stereocenters. The number of anilines is 1. The van der Waals surface area contributed by atoms with Crippen LogP contribution in [0.4, 0.5) is 18.9 Å². The van der Waals surface area contributed by atoms with Gasteiger partial charge in [0.15, 0.2) is 0 Å². The van der Waals surface area contributed by atoms with Crippen molar-refractivity contribution in [2.45, 2.75) is 82.3 Å². The minimum Gasteiger partial charge on any atom is -0.381 e. The van der Waals surface area contributed by atoms with E-state index in [0.29, 0.717) is 55.0 Å². The van der Waals surface area contributed by atoms with Crippen LogP contribution >= 0.6 is 0 Å². The van der Waals surface area contributed by atoms with E-state index >= 15 is 0 Å². The van der Waals surface area contributed by atoms with Crippen LogP contribution in [0.3, 0.4) is 0 Å². The van der Waals surface area contributed by atoms with Crippen LogP contribution in [0, 0.1) is 6.92 Å². The van der Waals surface area contributed by atoms with E-state index in [1.807, 2.05) is 0 Å². The molecule has 0 unspecified atom stereocenters. The molecule has 0 radical (unpaired) electrons. The Hall–Kier alpha value is -2.85. The summed E-state index contributed by atoms with van der Waals surface area (Å²) in [6.45, 7) is 4.18. The minimum absolute atomic E-state index is 0.0754. The third-order valence-electron chi connectivity index (χ3n) is 8.63. The number of rotatable bonds is 6. The lowest BCUT2D eigenvalue weighted by molar-refractivity contribution is -0.138. The number of likely N-dealkylation sites (N-methyl/N-ethyl adjacent to an activating group) is 1. The van der Waals surface area contributed by atoms with Crippen molar-refractivity contribution in [1.82, 2.24) is 14.8 Å². The van der Waals surface area contributed by atoms with Crippen molar-refractivity contribution in [2.75, 3.05) is 25.6 Å². The topological polar surface area (TPSA) is 75.6 Å². The second-order valence-corrected chi connectivity index (χ2v) is 10.9. The number of alkyl halides is 3. The van der Waals surface area contributed by atoms with Gasteiger partial charge in [0, 0.05) is 49.6 Å². The molecule has 7 nitrogen and oxygen atoms in total. The Morgan fingerprint density at radius 2 is 1.87 bits per heavy atom. The summed E-state index contributed by atoms with van der Waals surface area (Å²) >= 11 is 0. The first-order chi connectivity index (χ1) is 18.0. The molecular weight excluding hydrogens is 497 g/mol. The van der Waals surface area contributed by atoms with Crippen molar-refractivity contribution in [3.8, 4) is 0 Å². The van der Waals surface area contributed by atoms with Crippen molar-refractivity contribution < 1.29 is 22.7 Å². The van der Waals surface area contributed by atoms with E-state index in [2.05, 4.69) is 22.6 Å². The molecule has 2 aromatic rings. The minimum atomic E-state index is -4.48. The quantitative estimate of drug-likeness (QED) is 0.566. The summed E-state index contributed by atoms with van der Waals surface area (Å²) < 4.78 is 47.5. The van der Waals surface area contributed by atoms with E-state index in [9.17, 15) is 22.8 Å². The Morgan fingerprint density at radius 1 is 1.13 bits per heavy atom. The predicted octanol–water partition coefficient (Wildman–Crippen LogP) is 4.67. The van der Waals surface area contributed by atoms with Crippen molar-refractivity contribution >= 4 is 11.6 Å². The summed E-state index contributed by atoms with van der Waals surface area (Å²) in [4.78, 5) is 29.2. The second-order valence-electron chi connectivity index (χ2n) is 10.9. The van der Waals surface area contributed by atoms with Gasteiger partial charge in [-0.1, -0.05) is 12.1 Å². The highest BCUT2D eigenvalue weighted by molar-refractivity contribution is 5.99. The first-order valence-electron chi connectivity index (χ1n) is 13.3. The van der Waals surface area contributed by atoms with Gasteiger partial charge in [0.05, 0.1) is 22.9 Å². The van der Waals surface area contributed by atoms with Crippen LogP contribution in [0.2, 0.25) is 0 Å². The van der Waals surface area contributed by atoms with Gasteiger partial charge < -0.3 is 19.9 Å². The number of fused-ring (bicyclic) bond motifs is 2. The van der Waals surface area contributed by atoms with Gasteiger partial charge in [-0.3, -0.25) is 14.5 Å². The first kappa shape index (κ1) is 26.7. The van der Waals surface area contributed by atoms with Crippen molar-refractivity contribution in [3.63, 3.8) is 0 Å². The van der Waals surface area contributed by atoms with Crippen LogP contribution in [-0.2, 0) is 10.9 Å². The highest BCUT2D eigenvalue weighted by Crippen LogP contribution is 2.38. The number of amides is 1. The molecule has 1 aromatic heterocycles. The average Bonchev–Trinajstić information content (AvgIpc) is 3.37. The number of benzene rings is 1. The SMILES string of the molecule is Cc1c([C@@H](C)NC(=O)c2cn(C3CCOCC3)c(=O)cc2N[C@H]2C[C@H]3CC[C@@H]2N3C)cccc1C(F)(F)F. The summed E-state index contributed by atoms with van der Waals surface area (Å²) in [6.07, 6.45) is 1.62. The zero-order chi connectivity index (χ0) is 27.2. The number of hydrogen-bond donors (Lipinski definition) is 2. The number of carbonyl (C=O) groups is 1. The second kappa shape index (κ2) is 10.4. The zero-order valence-corrected chi connectivity index (χ0v) is 22.0. The van der Waals surface area contributed by atoms with Crippen molar-refractivity contribution in [3.05, 3.63) is 63.1 Å². The van der Waals surface area contributed by atoms with Gasteiger partial charge in [-0.05, 0) is 70.2 Å². The smallest absolute Gasteiger partial charge is 0.381 e. The number of carbonyl (C=O) groups excluding carboxylic acids is 1. The van der Waals surface area contributed by atoms with Crippen LogP contribution in [0.5, 0.6) is 0 Å². The van der Waals surface area contributed by atoms with E-state index in [-0.39, 0.29) is 23.2 Å². The maximum Gasteiger partial charge on any atom is 0.416 e. The molecule has 0 aliphatic carbocycles. The normalized spacial score (nSPS) is 24.9. The average molecular weight is 533 g/mol. The third kappa shape index (κ3) is 5.08. The first-order valence-corrected chi connectivity index (χ1v) is 13.3. The maximum atomic E-state index is 13.7. The molecular formula is C28H35F3N4O3. The standard InChI is InChI=1S/C28H35F3N4O3/c1-16-20(5-4-6-22(16)28(29,30)31)17(2)32-27(37)21-15-35(18-9-11-38-12-10-18)26(36)14-23(21)33-24-13-19-7-8-25(24)34(19)3/h4-6,14-15,17-19,24-25,33H,7-13H2,1-3H3,(H,32,37)/t17-,19-,24+,25+/m1/s1. The van der Waals surface area contributed by atoms with Crippen molar-refractivity contribution in [2.24, 2.45) is 0 Å². The van der Waals surface area contributed by atoms with Crippen LogP contribution in [-0.4, -0.2) is 53.8 Å². The molecule has 3 saturated heterocycles. The number of ether oxygens (including phenoxy) is 1. The third-order valence-corrected chi connectivity index (χ3v) is 8.63. The number of aromatic nitrogens is 1. The molecule has 1 aromatic carbocycles. The molecule has 2 N–H and O–H groups in total. The van der Waals surface area contributed by atoms with Crippen LogP contribution in [0.25, 0.3) is 0 Å². The molecule has 1 amide bonds. The molecule has 206 valence electrons. The van der Waals surface area contributed by atoms with Gasteiger partial charge in [-0.15, -0.1) is 0 Å². The Kier molecular flexibility index (Phi) is 7.30. The summed E-state index contributed by atoms with van der Waals surface area (Å²) in [5, 5.41) is 6.38. The van der Waals surface area contributed by atoms with Gasteiger partial charge in [0.25, 0.3) is 11.5 Å². The van der Waals surface area contributed by atoms with Crippen LogP contribution in [0.1, 0.15) is 78.2 Å². The summed E-state index contributed by atoms with van der Waals surface area (Å²) in [5.41, 5.74) is 0.368. The van der Waals surface area contributed by atoms with E-state index in [1.165, 1.54) is 19.1 Å². The Balaban J connectivity index is 1.45. The fraction of sp³-hybridized carbons (Fsp3) is 0.571. The van der Waals surface area contributed by atoms with E-state index in [0.717, 1.165) is 25.3 Å². The van der Waals surface area contributed by atoms with Gasteiger partial charge in [-0.25, -0.2) is 0 Å². The monoisotopic (exact) mass is 532 g/mol.